The van der Waals surface area contributed by atoms with Gasteiger partial charge >= 0.3 is 0 Å². The van der Waals surface area contributed by atoms with Crippen molar-refractivity contribution in [1.82, 2.24) is 15.0 Å². The molecule has 0 spiro atoms. The van der Waals surface area contributed by atoms with Gasteiger partial charge in [-0.05, 0) is 87.0 Å². The van der Waals surface area contributed by atoms with Crippen LogP contribution in [0.15, 0.2) is 17.8 Å². The molecule has 1 aromatic heterocycles. The minimum absolute atomic E-state index is 0.137. The van der Waals surface area contributed by atoms with Gasteiger partial charge in [-0.3, -0.25) is 4.79 Å². The van der Waals surface area contributed by atoms with Crippen molar-refractivity contribution in [3.8, 4) is 0 Å². The second-order valence-electron chi connectivity index (χ2n) is 12.1. The van der Waals surface area contributed by atoms with Gasteiger partial charge in [-0.2, -0.15) is 0 Å². The largest absolute Gasteiger partial charge is 0.383 e. The molecule has 0 aromatic carbocycles. The van der Waals surface area contributed by atoms with Crippen molar-refractivity contribution in [2.45, 2.75) is 103 Å². The van der Waals surface area contributed by atoms with Gasteiger partial charge in [0.05, 0.1) is 12.2 Å². The van der Waals surface area contributed by atoms with Crippen LogP contribution in [0.2, 0.25) is 0 Å². The van der Waals surface area contributed by atoms with Crippen molar-refractivity contribution >= 4 is 5.78 Å². The standard InChI is InChI=1S/C27H39N3O2/c1-17-14-18-15-20(31)8-9-21(18)22-10-12-26(2)23(25(17)22)11-13-27(26,32)24-16-30(29-28-24)19-6-4-3-5-7-19/h15-17,19,21-23,25,32H,3-14H2,1-2H3/t17?,21?,22?,23?,25?,26-,27+/m0/s1. The highest BCUT2D eigenvalue weighted by Gasteiger charge is 2.64. The van der Waals surface area contributed by atoms with Gasteiger partial charge in [-0.25, -0.2) is 4.68 Å². The molecule has 0 amide bonds. The lowest BCUT2D eigenvalue weighted by molar-refractivity contribution is -0.134. The van der Waals surface area contributed by atoms with Crippen LogP contribution in [0.25, 0.3) is 0 Å². The predicted molar refractivity (Wildman–Crippen MR) is 123 cm³/mol. The second-order valence-corrected chi connectivity index (χ2v) is 12.1. The Morgan fingerprint density at radius 3 is 2.72 bits per heavy atom. The Balaban J connectivity index is 1.29. The number of ketones is 1. The van der Waals surface area contributed by atoms with Crippen molar-refractivity contribution < 1.29 is 9.90 Å². The summed E-state index contributed by atoms with van der Waals surface area (Å²) in [5.41, 5.74) is 1.25. The van der Waals surface area contributed by atoms with E-state index >= 15 is 0 Å². The monoisotopic (exact) mass is 437 g/mol. The third-order valence-corrected chi connectivity index (χ3v) is 10.7. The maximum absolute atomic E-state index is 12.2. The van der Waals surface area contributed by atoms with Gasteiger partial charge in [0.25, 0.3) is 0 Å². The maximum atomic E-state index is 12.2. The molecule has 1 N–H and O–H groups in total. The average Bonchev–Trinajstić information content (AvgIpc) is 3.38. The van der Waals surface area contributed by atoms with Crippen molar-refractivity contribution in [3.05, 3.63) is 23.5 Å². The Morgan fingerprint density at radius 1 is 1.09 bits per heavy atom. The van der Waals surface area contributed by atoms with Crippen LogP contribution in [0.1, 0.15) is 103 Å². The van der Waals surface area contributed by atoms with Crippen molar-refractivity contribution in [2.24, 2.45) is 35.0 Å². The Morgan fingerprint density at radius 2 is 1.91 bits per heavy atom. The molecule has 5 aliphatic rings. The fourth-order valence-corrected chi connectivity index (χ4v) is 9.02. The summed E-state index contributed by atoms with van der Waals surface area (Å²) in [6, 6.07) is 0.451. The van der Waals surface area contributed by atoms with E-state index in [1.165, 1.54) is 37.7 Å². The quantitative estimate of drug-likeness (QED) is 0.676. The highest BCUT2D eigenvalue weighted by atomic mass is 16.3. The molecule has 0 bridgehead atoms. The molecule has 5 unspecified atom stereocenters. The molecule has 32 heavy (non-hydrogen) atoms. The van der Waals surface area contributed by atoms with Crippen LogP contribution < -0.4 is 0 Å². The van der Waals surface area contributed by atoms with E-state index in [-0.39, 0.29) is 5.41 Å². The minimum Gasteiger partial charge on any atom is -0.383 e. The number of hydrogen-bond donors (Lipinski definition) is 1. The van der Waals surface area contributed by atoms with E-state index in [1.54, 1.807) is 0 Å². The van der Waals surface area contributed by atoms with Crippen LogP contribution in [-0.4, -0.2) is 25.9 Å². The molecular weight excluding hydrogens is 398 g/mol. The normalized spacial score (nSPS) is 44.5. The van der Waals surface area contributed by atoms with Gasteiger partial charge in [-0.15, -0.1) is 5.10 Å². The van der Waals surface area contributed by atoms with Gasteiger partial charge in [0.1, 0.15) is 11.3 Å². The summed E-state index contributed by atoms with van der Waals surface area (Å²) in [6.45, 7) is 4.75. The minimum atomic E-state index is -0.867. The topological polar surface area (TPSA) is 68.0 Å². The molecule has 5 aliphatic carbocycles. The van der Waals surface area contributed by atoms with E-state index in [0.29, 0.717) is 41.4 Å². The van der Waals surface area contributed by atoms with Gasteiger partial charge in [0.15, 0.2) is 5.78 Å². The maximum Gasteiger partial charge on any atom is 0.155 e. The summed E-state index contributed by atoms with van der Waals surface area (Å²) in [5.74, 6) is 3.36. The van der Waals surface area contributed by atoms with Crippen LogP contribution in [0.5, 0.6) is 0 Å². The molecule has 5 nitrogen and oxygen atoms in total. The van der Waals surface area contributed by atoms with Gasteiger partial charge in [0.2, 0.25) is 0 Å². The smallest absolute Gasteiger partial charge is 0.155 e. The zero-order valence-corrected chi connectivity index (χ0v) is 19.8. The first-order valence-corrected chi connectivity index (χ1v) is 13.3. The van der Waals surface area contributed by atoms with E-state index in [4.69, 9.17) is 0 Å². The Kier molecular flexibility index (Phi) is 4.95. The lowest BCUT2D eigenvalue weighted by Gasteiger charge is -2.57. The van der Waals surface area contributed by atoms with Gasteiger partial charge < -0.3 is 5.11 Å². The molecule has 0 aliphatic heterocycles. The first kappa shape index (κ1) is 21.1. The van der Waals surface area contributed by atoms with Gasteiger partial charge in [0, 0.05) is 11.8 Å². The number of carbonyl (C=O) groups is 1. The number of fused-ring (bicyclic) bond motifs is 5. The summed E-state index contributed by atoms with van der Waals surface area (Å²) in [6.07, 6.45) is 17.3. The Bertz CT molecular complexity index is 931. The third-order valence-electron chi connectivity index (χ3n) is 10.7. The molecule has 1 aromatic rings. The van der Waals surface area contributed by atoms with Crippen LogP contribution in [-0.2, 0) is 10.4 Å². The molecule has 174 valence electrons. The lowest BCUT2D eigenvalue weighted by Crippen LogP contribution is -2.53. The van der Waals surface area contributed by atoms with E-state index < -0.39 is 5.60 Å². The van der Waals surface area contributed by atoms with Crippen LogP contribution in [0.3, 0.4) is 0 Å². The van der Waals surface area contributed by atoms with Crippen molar-refractivity contribution in [3.63, 3.8) is 0 Å². The zero-order valence-electron chi connectivity index (χ0n) is 19.8. The summed E-state index contributed by atoms with van der Waals surface area (Å²) in [7, 11) is 0. The fraction of sp³-hybridized carbons (Fsp3) is 0.815. The molecule has 4 fully saturated rings. The highest BCUT2D eigenvalue weighted by molar-refractivity contribution is 5.91. The van der Waals surface area contributed by atoms with E-state index in [9.17, 15) is 9.90 Å². The van der Waals surface area contributed by atoms with E-state index in [0.717, 1.165) is 50.6 Å². The third kappa shape index (κ3) is 2.95. The number of aliphatic hydroxyl groups is 1. The Labute approximate surface area is 192 Å². The number of hydrogen-bond acceptors (Lipinski definition) is 4. The predicted octanol–water partition coefficient (Wildman–Crippen LogP) is 5.36. The first-order valence-electron chi connectivity index (χ1n) is 13.3. The number of rotatable bonds is 2. The van der Waals surface area contributed by atoms with Crippen LogP contribution >= 0.6 is 0 Å². The van der Waals surface area contributed by atoms with E-state index in [1.807, 2.05) is 6.08 Å². The van der Waals surface area contributed by atoms with Crippen LogP contribution in [0, 0.1) is 35.0 Å². The molecule has 5 heteroatoms. The summed E-state index contributed by atoms with van der Waals surface area (Å²) in [5, 5.41) is 21.3. The lowest BCUT2D eigenvalue weighted by atomic mass is 9.48. The molecule has 1 heterocycles. The van der Waals surface area contributed by atoms with E-state index in [2.05, 4.69) is 35.0 Å². The molecule has 0 saturated heterocycles. The number of carbonyl (C=O) groups excluding carboxylic acids is 1. The molecular formula is C27H39N3O2. The van der Waals surface area contributed by atoms with Gasteiger partial charge in [-0.1, -0.05) is 43.9 Å². The number of aromatic nitrogens is 3. The molecule has 4 saturated carbocycles. The molecule has 7 atom stereocenters. The SMILES string of the molecule is CC1CC2=CC(=O)CCC2C2CC[C@@]3(C)C(CC[C@@]3(O)c3cn(C4CCCCC4)nn3)C12. The summed E-state index contributed by atoms with van der Waals surface area (Å²) >= 11 is 0. The Hall–Kier alpha value is -1.49. The molecule has 6 rings (SSSR count). The van der Waals surface area contributed by atoms with Crippen molar-refractivity contribution in [2.75, 3.05) is 0 Å². The first-order chi connectivity index (χ1) is 15.4. The zero-order chi connectivity index (χ0) is 22.1. The molecule has 0 radical (unpaired) electrons. The average molecular weight is 438 g/mol. The number of allylic oxidation sites excluding steroid dienone is 1. The number of nitrogens with zero attached hydrogens (tertiary/aromatic N) is 3. The van der Waals surface area contributed by atoms with Crippen LogP contribution in [0.4, 0.5) is 0 Å². The highest BCUT2D eigenvalue weighted by Crippen LogP contribution is 2.68. The van der Waals surface area contributed by atoms with Crippen molar-refractivity contribution in [1.29, 1.82) is 0 Å². The second kappa shape index (κ2) is 7.51. The fourth-order valence-electron chi connectivity index (χ4n) is 9.02. The summed E-state index contributed by atoms with van der Waals surface area (Å²) in [4.78, 5) is 12.1. The summed E-state index contributed by atoms with van der Waals surface area (Å²) < 4.78 is 2.06.